The first-order chi connectivity index (χ1) is 17.7. The third kappa shape index (κ3) is 6.55. The summed E-state index contributed by atoms with van der Waals surface area (Å²) in [5, 5.41) is 5.60. The molecule has 1 aliphatic heterocycles. The minimum Gasteiger partial charge on any atom is -0.386 e. The van der Waals surface area contributed by atoms with Gasteiger partial charge in [0.25, 0.3) is 0 Å². The average Bonchev–Trinajstić information content (AvgIpc) is 2.91. The smallest absolute Gasteiger partial charge is 0.386 e. The van der Waals surface area contributed by atoms with Crippen molar-refractivity contribution in [1.29, 1.82) is 0 Å². The van der Waals surface area contributed by atoms with Gasteiger partial charge in [-0.15, -0.1) is 0 Å². The molecule has 2 aliphatic rings. The Morgan fingerprint density at radius 3 is 2.35 bits per heavy atom. The van der Waals surface area contributed by atoms with Gasteiger partial charge in [0.15, 0.2) is 0 Å². The molecule has 0 aromatic heterocycles. The van der Waals surface area contributed by atoms with Crippen molar-refractivity contribution < 1.29 is 22.4 Å². The highest BCUT2D eigenvalue weighted by Crippen LogP contribution is 2.34. The monoisotopic (exact) mass is 520 g/mol. The van der Waals surface area contributed by atoms with Gasteiger partial charge in [0.1, 0.15) is 5.82 Å². The van der Waals surface area contributed by atoms with Crippen LogP contribution in [0.3, 0.4) is 0 Å². The van der Waals surface area contributed by atoms with Gasteiger partial charge in [-0.3, -0.25) is 9.69 Å². The van der Waals surface area contributed by atoms with Gasteiger partial charge in [-0.2, -0.15) is 13.2 Å². The number of carbonyl (C=O) groups is 1. The Bertz CT molecular complexity index is 1080. The lowest BCUT2D eigenvalue weighted by Gasteiger charge is -2.42. The van der Waals surface area contributed by atoms with E-state index in [9.17, 15) is 22.4 Å². The Morgan fingerprint density at radius 1 is 1.03 bits per heavy atom. The van der Waals surface area contributed by atoms with Crippen LogP contribution in [0.15, 0.2) is 36.4 Å². The molecule has 1 atom stereocenters. The number of carbonyl (C=O) groups excluding carboxylic acids is 1. The molecule has 5 nitrogen and oxygen atoms in total. The number of amides is 1. The number of rotatable bonds is 7. The summed E-state index contributed by atoms with van der Waals surface area (Å²) in [5.41, 5.74) is 1.32. The molecule has 37 heavy (non-hydrogen) atoms. The number of nitrogens with one attached hydrogen (secondary N) is 2. The summed E-state index contributed by atoms with van der Waals surface area (Å²) < 4.78 is 54.8. The van der Waals surface area contributed by atoms with Crippen LogP contribution in [-0.4, -0.2) is 50.1 Å². The predicted molar refractivity (Wildman–Crippen MR) is 138 cm³/mol. The maximum atomic E-state index is 14.2. The number of nitrogens with zero attached hydrogens (tertiary/aromatic N) is 2. The van der Waals surface area contributed by atoms with E-state index in [2.05, 4.69) is 15.5 Å². The van der Waals surface area contributed by atoms with Crippen LogP contribution in [0, 0.1) is 5.82 Å². The molecule has 4 rings (SSSR count). The molecule has 1 saturated carbocycles. The maximum Gasteiger partial charge on any atom is 0.416 e. The fourth-order valence-corrected chi connectivity index (χ4v) is 5.45. The van der Waals surface area contributed by atoms with Crippen molar-refractivity contribution in [2.45, 2.75) is 63.7 Å². The SMILES string of the molecule is CNc1ccc(C(C)C(=O)NCc2ccc(C(F)(F)F)cc2N2CCN(C3CCCCC3)CC2)cc1F. The molecular formula is C28H36F4N4O. The van der Waals surface area contributed by atoms with E-state index in [1.165, 1.54) is 50.3 Å². The summed E-state index contributed by atoms with van der Waals surface area (Å²) in [7, 11) is 1.62. The fourth-order valence-electron chi connectivity index (χ4n) is 5.45. The highest BCUT2D eigenvalue weighted by molar-refractivity contribution is 5.83. The van der Waals surface area contributed by atoms with Crippen molar-refractivity contribution in [2.24, 2.45) is 0 Å². The first-order valence-corrected chi connectivity index (χ1v) is 13.1. The fraction of sp³-hybridized carbons (Fsp3) is 0.536. The minimum atomic E-state index is -4.45. The van der Waals surface area contributed by atoms with E-state index < -0.39 is 23.5 Å². The van der Waals surface area contributed by atoms with Crippen LogP contribution >= 0.6 is 0 Å². The standard InChI is InChI=1S/C28H36F4N4O/c1-19(20-9-11-25(33-2)24(29)16-20)27(37)34-18-21-8-10-22(28(30,31)32)17-26(21)36-14-12-35(13-15-36)23-6-4-3-5-7-23/h8-11,16-17,19,23,33H,3-7,12-15,18H2,1-2H3,(H,34,37). The second-order valence-corrected chi connectivity index (χ2v) is 10.1. The summed E-state index contributed by atoms with van der Waals surface area (Å²) in [5.74, 6) is -1.38. The highest BCUT2D eigenvalue weighted by Gasteiger charge is 2.33. The molecule has 0 spiro atoms. The van der Waals surface area contributed by atoms with E-state index in [-0.39, 0.29) is 12.5 Å². The molecule has 202 valence electrons. The van der Waals surface area contributed by atoms with Gasteiger partial charge < -0.3 is 15.5 Å². The van der Waals surface area contributed by atoms with Crippen LogP contribution < -0.4 is 15.5 Å². The van der Waals surface area contributed by atoms with Gasteiger partial charge in [-0.05, 0) is 55.2 Å². The summed E-state index contributed by atoms with van der Waals surface area (Å²) in [6.45, 7) is 4.70. The van der Waals surface area contributed by atoms with Crippen LogP contribution in [0.4, 0.5) is 28.9 Å². The van der Waals surface area contributed by atoms with Gasteiger partial charge in [-0.25, -0.2) is 4.39 Å². The Kier molecular flexibility index (Phi) is 8.62. The van der Waals surface area contributed by atoms with E-state index in [0.29, 0.717) is 41.6 Å². The number of hydrogen-bond donors (Lipinski definition) is 2. The number of piperazine rings is 1. The van der Waals surface area contributed by atoms with E-state index >= 15 is 0 Å². The zero-order valence-corrected chi connectivity index (χ0v) is 21.5. The van der Waals surface area contributed by atoms with Crippen LogP contribution in [0.1, 0.15) is 61.6 Å². The van der Waals surface area contributed by atoms with Gasteiger partial charge in [0.2, 0.25) is 5.91 Å². The zero-order chi connectivity index (χ0) is 26.6. The Balaban J connectivity index is 1.46. The summed E-state index contributed by atoms with van der Waals surface area (Å²) in [4.78, 5) is 17.3. The Labute approximate surface area is 216 Å². The topological polar surface area (TPSA) is 47.6 Å². The number of alkyl halides is 3. The Morgan fingerprint density at radius 2 is 1.73 bits per heavy atom. The molecule has 2 fully saturated rings. The number of hydrogen-bond acceptors (Lipinski definition) is 4. The van der Waals surface area contributed by atoms with Gasteiger partial charge >= 0.3 is 6.18 Å². The van der Waals surface area contributed by atoms with Gasteiger partial charge in [0, 0.05) is 51.5 Å². The summed E-state index contributed by atoms with van der Waals surface area (Å²) in [6, 6.07) is 8.89. The van der Waals surface area contributed by atoms with Crippen molar-refractivity contribution in [3.63, 3.8) is 0 Å². The van der Waals surface area contributed by atoms with E-state index in [1.807, 2.05) is 4.90 Å². The van der Waals surface area contributed by atoms with Crippen molar-refractivity contribution in [3.05, 3.63) is 58.9 Å². The second-order valence-electron chi connectivity index (χ2n) is 10.1. The molecule has 1 unspecified atom stereocenters. The molecule has 1 amide bonds. The lowest BCUT2D eigenvalue weighted by atomic mass is 9.93. The first kappa shape index (κ1) is 27.2. The third-order valence-corrected chi connectivity index (χ3v) is 7.77. The van der Waals surface area contributed by atoms with Crippen molar-refractivity contribution >= 4 is 17.3 Å². The molecule has 0 radical (unpaired) electrons. The summed E-state index contributed by atoms with van der Waals surface area (Å²) in [6.07, 6.45) is 1.71. The molecule has 1 heterocycles. The lowest BCUT2D eigenvalue weighted by molar-refractivity contribution is -0.137. The molecule has 2 N–H and O–H groups in total. The molecular weight excluding hydrogens is 484 g/mol. The van der Waals surface area contributed by atoms with Crippen LogP contribution in [0.25, 0.3) is 0 Å². The van der Waals surface area contributed by atoms with Gasteiger partial charge in [0.05, 0.1) is 17.2 Å². The van der Waals surface area contributed by atoms with E-state index in [0.717, 1.165) is 19.2 Å². The number of anilines is 2. The Hall–Kier alpha value is -2.81. The van der Waals surface area contributed by atoms with Crippen molar-refractivity contribution in [1.82, 2.24) is 10.2 Å². The molecule has 2 aromatic carbocycles. The molecule has 2 aromatic rings. The van der Waals surface area contributed by atoms with Crippen LogP contribution in [0.2, 0.25) is 0 Å². The predicted octanol–water partition coefficient (Wildman–Crippen LogP) is 5.76. The largest absolute Gasteiger partial charge is 0.416 e. The van der Waals surface area contributed by atoms with Crippen LogP contribution in [0.5, 0.6) is 0 Å². The second kappa shape index (κ2) is 11.7. The molecule has 9 heteroatoms. The van der Waals surface area contributed by atoms with E-state index in [1.54, 1.807) is 26.1 Å². The van der Waals surface area contributed by atoms with Crippen LogP contribution in [-0.2, 0) is 17.5 Å². The lowest BCUT2D eigenvalue weighted by Crippen LogP contribution is -2.51. The number of halogens is 4. The normalized spacial score (nSPS) is 18.5. The minimum absolute atomic E-state index is 0.0938. The number of benzene rings is 2. The van der Waals surface area contributed by atoms with Crippen molar-refractivity contribution in [3.8, 4) is 0 Å². The quantitative estimate of drug-likeness (QED) is 0.456. The van der Waals surface area contributed by atoms with Crippen molar-refractivity contribution in [2.75, 3.05) is 43.4 Å². The molecule has 1 aliphatic carbocycles. The van der Waals surface area contributed by atoms with Gasteiger partial charge in [-0.1, -0.05) is 31.4 Å². The van der Waals surface area contributed by atoms with E-state index in [4.69, 9.17) is 0 Å². The average molecular weight is 521 g/mol. The molecule has 0 bridgehead atoms. The maximum absolute atomic E-state index is 14.2. The third-order valence-electron chi connectivity index (χ3n) is 7.77. The first-order valence-electron chi connectivity index (χ1n) is 13.1. The zero-order valence-electron chi connectivity index (χ0n) is 21.5. The highest BCUT2D eigenvalue weighted by atomic mass is 19.4. The molecule has 1 saturated heterocycles. The summed E-state index contributed by atoms with van der Waals surface area (Å²) >= 11 is 0.